The van der Waals surface area contributed by atoms with Crippen LogP contribution >= 0.6 is 0 Å². The van der Waals surface area contributed by atoms with E-state index in [1.54, 1.807) is 0 Å². The van der Waals surface area contributed by atoms with Gasteiger partial charge in [-0.25, -0.2) is 0 Å². The van der Waals surface area contributed by atoms with Crippen LogP contribution in [0, 0.1) is 19.8 Å². The summed E-state index contributed by atoms with van der Waals surface area (Å²) >= 11 is 0. The van der Waals surface area contributed by atoms with E-state index in [-0.39, 0.29) is 30.9 Å². The highest BCUT2D eigenvalue weighted by Gasteiger charge is 2.31. The summed E-state index contributed by atoms with van der Waals surface area (Å²) in [7, 11) is 1.38. The zero-order valence-corrected chi connectivity index (χ0v) is 16.4. The Kier molecular flexibility index (Phi) is 7.49. The lowest BCUT2D eigenvalue weighted by atomic mass is 9.84. The molecule has 0 heterocycles. The Hall–Kier alpha value is -2.04. The fraction of sp³-hybridized carbons (Fsp3) is 0.619. The van der Waals surface area contributed by atoms with E-state index in [0.717, 1.165) is 36.1 Å². The van der Waals surface area contributed by atoms with Gasteiger partial charge in [0.2, 0.25) is 0 Å². The first-order chi connectivity index (χ1) is 12.4. The predicted octanol–water partition coefficient (Wildman–Crippen LogP) is 3.65. The predicted molar refractivity (Wildman–Crippen MR) is 101 cm³/mol. The summed E-state index contributed by atoms with van der Waals surface area (Å²) < 4.78 is 10.6. The third-order valence-electron chi connectivity index (χ3n) is 5.27. The maximum absolute atomic E-state index is 12.9. The first-order valence-corrected chi connectivity index (χ1v) is 9.48. The molecule has 0 spiro atoms. The van der Waals surface area contributed by atoms with Crippen LogP contribution in [0.4, 0.5) is 0 Å². The molecule has 1 aliphatic rings. The lowest BCUT2D eigenvalue weighted by molar-refractivity contribution is -0.143. The van der Waals surface area contributed by atoms with Crippen molar-refractivity contribution in [3.63, 3.8) is 0 Å². The summed E-state index contributed by atoms with van der Waals surface area (Å²) in [6.07, 6.45) is 4.64. The van der Waals surface area contributed by atoms with Crippen molar-refractivity contribution in [1.29, 1.82) is 0 Å². The fourth-order valence-electron chi connectivity index (χ4n) is 3.63. The van der Waals surface area contributed by atoms with Gasteiger partial charge in [-0.2, -0.15) is 0 Å². The molecule has 1 aromatic carbocycles. The second-order valence-electron chi connectivity index (χ2n) is 7.30. The molecule has 0 aromatic heterocycles. The highest BCUT2D eigenvalue weighted by Crippen LogP contribution is 2.28. The van der Waals surface area contributed by atoms with Crippen LogP contribution in [0.25, 0.3) is 0 Å². The molecule has 0 radical (unpaired) electrons. The monoisotopic (exact) mass is 361 g/mol. The number of amides is 1. The average Bonchev–Trinajstić information content (AvgIpc) is 2.63. The Morgan fingerprint density at radius 1 is 1.19 bits per heavy atom. The van der Waals surface area contributed by atoms with Gasteiger partial charge in [0, 0.05) is 12.6 Å². The summed E-state index contributed by atoms with van der Waals surface area (Å²) in [4.78, 5) is 26.3. The Balaban J connectivity index is 2.06. The number of nitrogens with zero attached hydrogens (tertiary/aromatic N) is 1. The molecule has 26 heavy (non-hydrogen) atoms. The molecule has 144 valence electrons. The van der Waals surface area contributed by atoms with Crippen LogP contribution < -0.4 is 4.74 Å². The van der Waals surface area contributed by atoms with Gasteiger partial charge in [-0.3, -0.25) is 9.59 Å². The number of benzene rings is 1. The van der Waals surface area contributed by atoms with E-state index in [4.69, 9.17) is 9.47 Å². The van der Waals surface area contributed by atoms with Gasteiger partial charge in [0.05, 0.1) is 13.5 Å². The number of ether oxygens (including phenoxy) is 2. The van der Waals surface area contributed by atoms with Crippen LogP contribution in [0.15, 0.2) is 18.2 Å². The summed E-state index contributed by atoms with van der Waals surface area (Å²) in [5, 5.41) is 0. The lowest BCUT2D eigenvalue weighted by Crippen LogP contribution is -2.48. The topological polar surface area (TPSA) is 55.8 Å². The van der Waals surface area contributed by atoms with Gasteiger partial charge in [-0.05, 0) is 49.8 Å². The van der Waals surface area contributed by atoms with Crippen LogP contribution in [0.2, 0.25) is 0 Å². The summed E-state index contributed by atoms with van der Waals surface area (Å²) in [6, 6.07) is 6.14. The van der Waals surface area contributed by atoms with E-state index in [0.29, 0.717) is 12.5 Å². The van der Waals surface area contributed by atoms with Crippen LogP contribution in [0.5, 0.6) is 5.75 Å². The van der Waals surface area contributed by atoms with Crippen molar-refractivity contribution in [2.24, 2.45) is 5.92 Å². The maximum Gasteiger partial charge on any atom is 0.307 e. The number of carbonyl (C=O) groups excluding carboxylic acids is 2. The molecule has 1 amide bonds. The first-order valence-electron chi connectivity index (χ1n) is 9.48. The van der Waals surface area contributed by atoms with Crippen molar-refractivity contribution in [1.82, 2.24) is 4.90 Å². The number of methoxy groups -OCH3 is 1. The smallest absolute Gasteiger partial charge is 0.307 e. The fourth-order valence-corrected chi connectivity index (χ4v) is 3.63. The van der Waals surface area contributed by atoms with Crippen molar-refractivity contribution in [2.75, 3.05) is 20.3 Å². The van der Waals surface area contributed by atoms with E-state index >= 15 is 0 Å². The minimum atomic E-state index is -0.290. The maximum atomic E-state index is 12.9. The van der Waals surface area contributed by atoms with Gasteiger partial charge >= 0.3 is 5.97 Å². The van der Waals surface area contributed by atoms with Crippen molar-refractivity contribution in [3.8, 4) is 5.75 Å². The third kappa shape index (κ3) is 5.48. The van der Waals surface area contributed by atoms with E-state index < -0.39 is 0 Å². The normalized spacial score (nSPS) is 19.7. The van der Waals surface area contributed by atoms with Gasteiger partial charge < -0.3 is 14.4 Å². The number of rotatable bonds is 7. The van der Waals surface area contributed by atoms with Crippen LogP contribution in [0.3, 0.4) is 0 Å². The largest absolute Gasteiger partial charge is 0.483 e. The first kappa shape index (κ1) is 20.3. The molecule has 1 fully saturated rings. The quantitative estimate of drug-likeness (QED) is 0.696. The number of hydrogen-bond donors (Lipinski definition) is 0. The minimum absolute atomic E-state index is 0.00527. The van der Waals surface area contributed by atoms with E-state index in [9.17, 15) is 9.59 Å². The zero-order chi connectivity index (χ0) is 19.1. The van der Waals surface area contributed by atoms with Crippen LogP contribution in [0.1, 0.15) is 50.2 Å². The number of hydrogen-bond acceptors (Lipinski definition) is 4. The third-order valence-corrected chi connectivity index (χ3v) is 5.27. The molecule has 1 aliphatic carbocycles. The molecule has 2 rings (SSSR count). The SMILES string of the molecule is COC(=O)CCN(C(=O)COc1cc(C)ccc1C)C1CCCCC1C. The number of esters is 1. The van der Waals surface area contributed by atoms with Crippen molar-refractivity contribution in [2.45, 2.75) is 58.9 Å². The molecular formula is C21H31NO4. The van der Waals surface area contributed by atoms with E-state index in [1.165, 1.54) is 13.5 Å². The molecule has 0 aliphatic heterocycles. The summed E-state index contributed by atoms with van der Waals surface area (Å²) in [5.74, 6) is 0.823. The van der Waals surface area contributed by atoms with Gasteiger partial charge in [0.1, 0.15) is 5.75 Å². The molecular weight excluding hydrogens is 330 g/mol. The summed E-state index contributed by atoms with van der Waals surface area (Å²) in [5.41, 5.74) is 2.11. The zero-order valence-electron chi connectivity index (χ0n) is 16.4. The Bertz CT molecular complexity index is 628. The molecule has 0 saturated heterocycles. The molecule has 5 heteroatoms. The molecule has 2 atom stereocenters. The molecule has 0 bridgehead atoms. The second kappa shape index (κ2) is 9.60. The van der Waals surface area contributed by atoms with Crippen molar-refractivity contribution >= 4 is 11.9 Å². The van der Waals surface area contributed by atoms with E-state index in [1.807, 2.05) is 36.9 Å². The van der Waals surface area contributed by atoms with Crippen molar-refractivity contribution in [3.05, 3.63) is 29.3 Å². The van der Waals surface area contributed by atoms with Crippen molar-refractivity contribution < 1.29 is 19.1 Å². The van der Waals surface area contributed by atoms with Gasteiger partial charge in [0.15, 0.2) is 6.61 Å². The summed E-state index contributed by atoms with van der Waals surface area (Å²) in [6.45, 7) is 6.54. The lowest BCUT2D eigenvalue weighted by Gasteiger charge is -2.38. The Morgan fingerprint density at radius 3 is 2.62 bits per heavy atom. The number of carbonyl (C=O) groups is 2. The molecule has 1 saturated carbocycles. The van der Waals surface area contributed by atoms with Crippen LogP contribution in [-0.4, -0.2) is 43.1 Å². The highest BCUT2D eigenvalue weighted by atomic mass is 16.5. The highest BCUT2D eigenvalue weighted by molar-refractivity contribution is 5.79. The molecule has 2 unspecified atom stereocenters. The van der Waals surface area contributed by atoms with Gasteiger partial charge in [-0.1, -0.05) is 31.9 Å². The van der Waals surface area contributed by atoms with Gasteiger partial charge in [-0.15, -0.1) is 0 Å². The second-order valence-corrected chi connectivity index (χ2v) is 7.30. The van der Waals surface area contributed by atoms with E-state index in [2.05, 4.69) is 6.92 Å². The average molecular weight is 361 g/mol. The Labute approximate surface area is 156 Å². The molecule has 1 aromatic rings. The molecule has 0 N–H and O–H groups in total. The Morgan fingerprint density at radius 2 is 1.92 bits per heavy atom. The van der Waals surface area contributed by atoms with Crippen LogP contribution in [-0.2, 0) is 14.3 Å². The minimum Gasteiger partial charge on any atom is -0.483 e. The number of aryl methyl sites for hydroxylation is 2. The van der Waals surface area contributed by atoms with Gasteiger partial charge in [0.25, 0.3) is 5.91 Å². The standard InChI is InChI=1S/C21H31NO4/c1-15-9-10-17(3)19(13-15)26-14-20(23)22(12-11-21(24)25-4)18-8-6-5-7-16(18)2/h9-10,13,16,18H,5-8,11-12,14H2,1-4H3. The molecule has 5 nitrogen and oxygen atoms in total.